The molecule has 4 rings (SSSR count). The summed E-state index contributed by atoms with van der Waals surface area (Å²) in [5, 5.41) is 20.6. The van der Waals surface area contributed by atoms with E-state index < -0.39 is 29.5 Å². The number of ketones is 1. The zero-order valence-electron chi connectivity index (χ0n) is 19.7. The molecule has 3 aromatic carbocycles. The van der Waals surface area contributed by atoms with E-state index in [0.29, 0.717) is 22.6 Å². The summed E-state index contributed by atoms with van der Waals surface area (Å²) in [6.45, 7) is 2.02. The smallest absolute Gasteiger partial charge is 0.307 e. The third kappa shape index (κ3) is 4.70. The molecule has 0 radical (unpaired) electrons. The molecule has 0 saturated carbocycles. The number of carbonyl (C=O) groups is 3. The van der Waals surface area contributed by atoms with E-state index >= 15 is 0 Å². The summed E-state index contributed by atoms with van der Waals surface area (Å²) in [6, 6.07) is 17.6. The number of halogens is 1. The van der Waals surface area contributed by atoms with Gasteiger partial charge in [0.1, 0.15) is 11.5 Å². The van der Waals surface area contributed by atoms with Gasteiger partial charge in [0, 0.05) is 11.3 Å². The highest BCUT2D eigenvalue weighted by atomic mass is 35.5. The standard InChI is InChI=1S/C28H24ClNO6/c1-3-16-4-8-18(9-5-16)25-24(26(33)21-15-20(36-2)12-13-22(21)29)27(34)28(35)30(25)19-10-6-17(7-11-19)14-23(31)32/h4-13,15,25,33H,3,14H2,1-2H3,(H,31,32)/b26-24+. The van der Waals surface area contributed by atoms with Gasteiger partial charge in [0.25, 0.3) is 11.7 Å². The summed E-state index contributed by atoms with van der Waals surface area (Å²) in [5.74, 6) is -2.63. The van der Waals surface area contributed by atoms with Crippen LogP contribution in [0.15, 0.2) is 72.3 Å². The quantitative estimate of drug-likeness (QED) is 0.261. The van der Waals surface area contributed by atoms with E-state index in [1.165, 1.54) is 24.1 Å². The SMILES string of the molecule is CCc1ccc(C2/C(=C(\O)c3cc(OC)ccc3Cl)C(=O)C(=O)N2c2ccc(CC(=O)O)cc2)cc1. The normalized spacial score (nSPS) is 16.9. The molecule has 1 unspecified atom stereocenters. The number of carboxylic acid groups (broad SMARTS) is 1. The maximum absolute atomic E-state index is 13.3. The maximum atomic E-state index is 13.3. The van der Waals surface area contributed by atoms with Crippen LogP contribution in [0.3, 0.4) is 0 Å². The molecule has 1 amide bonds. The van der Waals surface area contributed by atoms with Crippen molar-refractivity contribution in [1.82, 2.24) is 0 Å². The molecule has 0 spiro atoms. The molecule has 1 aliphatic rings. The Bertz CT molecular complexity index is 1360. The summed E-state index contributed by atoms with van der Waals surface area (Å²) in [5.41, 5.74) is 2.71. The average Bonchev–Trinajstić information content (AvgIpc) is 3.14. The van der Waals surface area contributed by atoms with Gasteiger partial charge in [0.05, 0.1) is 30.2 Å². The van der Waals surface area contributed by atoms with Gasteiger partial charge in [-0.3, -0.25) is 19.3 Å². The summed E-state index contributed by atoms with van der Waals surface area (Å²) < 4.78 is 5.24. The third-order valence-electron chi connectivity index (χ3n) is 6.15. The van der Waals surface area contributed by atoms with E-state index in [9.17, 15) is 19.5 Å². The van der Waals surface area contributed by atoms with Gasteiger partial charge in [0.2, 0.25) is 0 Å². The molecule has 36 heavy (non-hydrogen) atoms. The first-order chi connectivity index (χ1) is 17.2. The van der Waals surface area contributed by atoms with Gasteiger partial charge in [-0.25, -0.2) is 0 Å². The molecule has 3 aromatic rings. The Morgan fingerprint density at radius 2 is 1.61 bits per heavy atom. The predicted octanol–water partition coefficient (Wildman–Crippen LogP) is 5.16. The fourth-order valence-corrected chi connectivity index (χ4v) is 4.46. The Hall–Kier alpha value is -4.10. The second kappa shape index (κ2) is 10.3. The topological polar surface area (TPSA) is 104 Å². The zero-order valence-corrected chi connectivity index (χ0v) is 20.5. The average molecular weight is 506 g/mol. The summed E-state index contributed by atoms with van der Waals surface area (Å²) in [6.07, 6.45) is 0.639. The second-order valence-corrected chi connectivity index (χ2v) is 8.75. The first-order valence-electron chi connectivity index (χ1n) is 11.3. The number of Topliss-reactive ketones (excluding diaryl/α,β-unsaturated/α-hetero) is 1. The fraction of sp³-hybridized carbons (Fsp3) is 0.179. The molecule has 1 atom stereocenters. The highest BCUT2D eigenvalue weighted by molar-refractivity contribution is 6.52. The van der Waals surface area contributed by atoms with Gasteiger partial charge in [0.15, 0.2) is 0 Å². The molecule has 1 saturated heterocycles. The number of aliphatic hydroxyl groups is 1. The molecular formula is C28H24ClNO6. The van der Waals surface area contributed by atoms with Gasteiger partial charge in [-0.15, -0.1) is 0 Å². The van der Waals surface area contributed by atoms with E-state index in [1.54, 1.807) is 30.3 Å². The number of aliphatic carboxylic acids is 1. The number of aryl methyl sites for hydroxylation is 1. The van der Waals surface area contributed by atoms with Crippen LogP contribution in [0.4, 0.5) is 5.69 Å². The van der Waals surface area contributed by atoms with Crippen molar-refractivity contribution >= 4 is 40.7 Å². The van der Waals surface area contributed by atoms with Crippen molar-refractivity contribution in [3.63, 3.8) is 0 Å². The molecular weight excluding hydrogens is 482 g/mol. The summed E-state index contributed by atoms with van der Waals surface area (Å²) in [7, 11) is 1.47. The van der Waals surface area contributed by atoms with Crippen molar-refractivity contribution in [2.24, 2.45) is 0 Å². The van der Waals surface area contributed by atoms with Crippen LogP contribution in [-0.4, -0.2) is 35.0 Å². The lowest BCUT2D eigenvalue weighted by Crippen LogP contribution is -2.29. The molecule has 0 aromatic heterocycles. The molecule has 1 aliphatic heterocycles. The van der Waals surface area contributed by atoms with Crippen molar-refractivity contribution in [1.29, 1.82) is 0 Å². The number of carbonyl (C=O) groups excluding carboxylic acids is 2. The third-order valence-corrected chi connectivity index (χ3v) is 6.48. The van der Waals surface area contributed by atoms with Gasteiger partial charge in [-0.05, 0) is 53.4 Å². The van der Waals surface area contributed by atoms with Gasteiger partial charge >= 0.3 is 5.97 Å². The predicted molar refractivity (Wildman–Crippen MR) is 136 cm³/mol. The molecule has 8 heteroatoms. The van der Waals surface area contributed by atoms with Gasteiger partial charge in [-0.2, -0.15) is 0 Å². The first-order valence-corrected chi connectivity index (χ1v) is 11.7. The van der Waals surface area contributed by atoms with Crippen LogP contribution in [0, 0.1) is 0 Å². The minimum Gasteiger partial charge on any atom is -0.507 e. The number of hydrogen-bond donors (Lipinski definition) is 2. The zero-order chi connectivity index (χ0) is 26.0. The molecule has 1 heterocycles. The molecule has 0 aliphatic carbocycles. The lowest BCUT2D eigenvalue weighted by molar-refractivity contribution is -0.136. The molecule has 7 nitrogen and oxygen atoms in total. The fourth-order valence-electron chi connectivity index (χ4n) is 4.26. The minimum atomic E-state index is -0.977. The minimum absolute atomic E-state index is 0.103. The molecule has 2 N–H and O–H groups in total. The van der Waals surface area contributed by atoms with Crippen molar-refractivity contribution < 1.29 is 29.3 Å². The van der Waals surface area contributed by atoms with Gasteiger partial charge < -0.3 is 14.9 Å². The van der Waals surface area contributed by atoms with E-state index in [2.05, 4.69) is 0 Å². The number of hydrogen-bond acceptors (Lipinski definition) is 5. The Morgan fingerprint density at radius 1 is 0.972 bits per heavy atom. The van der Waals surface area contributed by atoms with Crippen LogP contribution >= 0.6 is 11.6 Å². The monoisotopic (exact) mass is 505 g/mol. The van der Waals surface area contributed by atoms with Crippen LogP contribution in [0.5, 0.6) is 5.75 Å². The number of methoxy groups -OCH3 is 1. The Balaban J connectivity index is 1.90. The summed E-state index contributed by atoms with van der Waals surface area (Å²) >= 11 is 6.35. The molecule has 184 valence electrons. The van der Waals surface area contributed by atoms with Crippen LogP contribution in [0.2, 0.25) is 5.02 Å². The second-order valence-electron chi connectivity index (χ2n) is 8.35. The largest absolute Gasteiger partial charge is 0.507 e. The van der Waals surface area contributed by atoms with Crippen LogP contribution in [0.25, 0.3) is 5.76 Å². The van der Waals surface area contributed by atoms with E-state index in [-0.39, 0.29) is 22.6 Å². The van der Waals surface area contributed by atoms with E-state index in [1.807, 2.05) is 31.2 Å². The Kier molecular flexibility index (Phi) is 7.12. The van der Waals surface area contributed by atoms with Crippen LogP contribution < -0.4 is 9.64 Å². The van der Waals surface area contributed by atoms with Crippen molar-refractivity contribution in [3.05, 3.63) is 99.6 Å². The van der Waals surface area contributed by atoms with Crippen LogP contribution in [0.1, 0.15) is 35.2 Å². The van der Waals surface area contributed by atoms with Crippen molar-refractivity contribution in [2.75, 3.05) is 12.0 Å². The van der Waals surface area contributed by atoms with Crippen molar-refractivity contribution in [3.8, 4) is 5.75 Å². The molecule has 1 fully saturated rings. The van der Waals surface area contributed by atoms with E-state index in [0.717, 1.165) is 12.0 Å². The maximum Gasteiger partial charge on any atom is 0.307 e. The van der Waals surface area contributed by atoms with Crippen LogP contribution in [-0.2, 0) is 27.2 Å². The lowest BCUT2D eigenvalue weighted by Gasteiger charge is -2.26. The summed E-state index contributed by atoms with van der Waals surface area (Å²) in [4.78, 5) is 39.0. The van der Waals surface area contributed by atoms with Crippen molar-refractivity contribution in [2.45, 2.75) is 25.8 Å². The number of benzene rings is 3. The number of nitrogens with zero attached hydrogens (tertiary/aromatic N) is 1. The number of amides is 1. The highest BCUT2D eigenvalue weighted by Gasteiger charge is 2.47. The Labute approximate surface area is 213 Å². The van der Waals surface area contributed by atoms with Gasteiger partial charge in [-0.1, -0.05) is 54.9 Å². The first kappa shape index (κ1) is 25.0. The van der Waals surface area contributed by atoms with E-state index in [4.69, 9.17) is 21.4 Å². The Morgan fingerprint density at radius 3 is 2.19 bits per heavy atom. The highest BCUT2D eigenvalue weighted by Crippen LogP contribution is 2.43. The number of ether oxygens (including phenoxy) is 1. The number of aliphatic hydroxyl groups excluding tert-OH is 1. The number of rotatable bonds is 7. The number of carboxylic acids is 1. The molecule has 0 bridgehead atoms. The number of anilines is 1. The lowest BCUT2D eigenvalue weighted by atomic mass is 9.94.